The van der Waals surface area contributed by atoms with Crippen LogP contribution in [-0.4, -0.2) is 15.5 Å². The summed E-state index contributed by atoms with van der Waals surface area (Å²) >= 11 is 0. The molecule has 0 saturated heterocycles. The smallest absolute Gasteiger partial charge is 0.261 e. The van der Waals surface area contributed by atoms with Crippen molar-refractivity contribution in [3.05, 3.63) is 100 Å². The van der Waals surface area contributed by atoms with Crippen molar-refractivity contribution in [3.63, 3.8) is 0 Å². The molecule has 0 atom stereocenters. The summed E-state index contributed by atoms with van der Waals surface area (Å²) in [4.78, 5) is 30.4. The van der Waals surface area contributed by atoms with Gasteiger partial charge in [0.1, 0.15) is 23.9 Å². The molecule has 5 rings (SSSR count). The van der Waals surface area contributed by atoms with Gasteiger partial charge in [0.25, 0.3) is 5.56 Å². The number of fused-ring (bicyclic) bond motifs is 3. The van der Waals surface area contributed by atoms with Gasteiger partial charge in [-0.1, -0.05) is 48.5 Å². The minimum atomic E-state index is -0.358. The first-order chi connectivity index (χ1) is 14.6. The highest BCUT2D eigenvalue weighted by atomic mass is 16.5. The average molecular weight is 397 g/mol. The van der Waals surface area contributed by atoms with Crippen molar-refractivity contribution in [2.75, 3.05) is 0 Å². The Kier molecular flexibility index (Phi) is 4.32. The van der Waals surface area contributed by atoms with Crippen LogP contribution < -0.4 is 15.6 Å². The maximum Gasteiger partial charge on any atom is 0.261 e. The van der Waals surface area contributed by atoms with E-state index in [4.69, 9.17) is 4.74 Å². The normalized spacial score (nSPS) is 12.7. The van der Waals surface area contributed by atoms with Crippen LogP contribution in [0.15, 0.2) is 77.6 Å². The summed E-state index contributed by atoms with van der Waals surface area (Å²) in [6, 6.07) is 22.1. The molecule has 6 heteroatoms. The van der Waals surface area contributed by atoms with E-state index in [1.165, 1.54) is 4.57 Å². The fourth-order valence-electron chi connectivity index (χ4n) is 3.88. The van der Waals surface area contributed by atoms with Gasteiger partial charge in [-0.25, -0.2) is 4.98 Å². The third-order valence-electron chi connectivity index (χ3n) is 5.34. The van der Waals surface area contributed by atoms with E-state index < -0.39 is 0 Å². The molecule has 0 radical (unpaired) electrons. The van der Waals surface area contributed by atoms with Gasteiger partial charge in [0.2, 0.25) is 5.91 Å². The number of rotatable bonds is 3. The molecule has 1 aliphatic rings. The minimum absolute atomic E-state index is 0.107. The Labute approximate surface area is 172 Å². The second-order valence-corrected chi connectivity index (χ2v) is 7.25. The molecule has 3 aromatic carbocycles. The summed E-state index contributed by atoms with van der Waals surface area (Å²) in [7, 11) is 0. The van der Waals surface area contributed by atoms with Crippen LogP contribution in [-0.2, 0) is 11.3 Å². The largest absolute Gasteiger partial charge is 0.457 e. The Hall–Kier alpha value is -3.93. The number of amides is 1. The third-order valence-corrected chi connectivity index (χ3v) is 5.34. The van der Waals surface area contributed by atoms with E-state index in [1.807, 2.05) is 54.6 Å². The van der Waals surface area contributed by atoms with Gasteiger partial charge in [0, 0.05) is 11.1 Å². The molecule has 2 heterocycles. The molecule has 1 aliphatic heterocycles. The van der Waals surface area contributed by atoms with E-state index in [9.17, 15) is 9.59 Å². The van der Waals surface area contributed by atoms with Crippen molar-refractivity contribution in [1.29, 1.82) is 0 Å². The molecule has 6 nitrogen and oxygen atoms in total. The summed E-state index contributed by atoms with van der Waals surface area (Å²) in [5.41, 5.74) is 2.17. The molecule has 1 amide bonds. The van der Waals surface area contributed by atoms with E-state index in [1.54, 1.807) is 25.1 Å². The number of carbonyl (C=O) groups excluding carboxylic acids is 1. The van der Waals surface area contributed by atoms with E-state index in [2.05, 4.69) is 10.3 Å². The number of nitrogens with zero attached hydrogens (tertiary/aromatic N) is 2. The number of hydrogen-bond acceptors (Lipinski definition) is 4. The van der Waals surface area contributed by atoms with E-state index >= 15 is 0 Å². The van der Waals surface area contributed by atoms with E-state index in [0.717, 1.165) is 11.1 Å². The second kappa shape index (κ2) is 7.15. The summed E-state index contributed by atoms with van der Waals surface area (Å²) in [6.45, 7) is 1.63. The number of benzene rings is 3. The number of hydrogen-bond donors (Lipinski definition) is 1. The molecular weight excluding hydrogens is 378 g/mol. The van der Waals surface area contributed by atoms with E-state index in [0.29, 0.717) is 28.2 Å². The standard InChI is InChI=1S/C24H19N3O3/c1-15-25-19-11-5-2-8-16(19)24(29)27(15)14-22(28)26-23-17-9-3-6-12-20(17)30-21-13-7-4-10-18(21)23/h2-13,23H,14H2,1H3,(H,26,28). The Morgan fingerprint density at radius 2 is 1.57 bits per heavy atom. The highest BCUT2D eigenvalue weighted by molar-refractivity contribution is 5.80. The minimum Gasteiger partial charge on any atom is -0.457 e. The molecule has 148 valence electrons. The van der Waals surface area contributed by atoms with Crippen LogP contribution in [0.5, 0.6) is 11.5 Å². The zero-order valence-electron chi connectivity index (χ0n) is 16.3. The lowest BCUT2D eigenvalue weighted by molar-refractivity contribution is -0.122. The maximum atomic E-state index is 13.0. The van der Waals surface area contributed by atoms with Crippen LogP contribution >= 0.6 is 0 Å². The van der Waals surface area contributed by atoms with Crippen molar-refractivity contribution in [2.45, 2.75) is 19.5 Å². The van der Waals surface area contributed by atoms with Gasteiger partial charge in [-0.3, -0.25) is 14.2 Å². The topological polar surface area (TPSA) is 73.2 Å². The lowest BCUT2D eigenvalue weighted by atomic mass is 9.94. The molecule has 4 aromatic rings. The Balaban J connectivity index is 1.49. The average Bonchev–Trinajstić information content (AvgIpc) is 2.76. The van der Waals surface area contributed by atoms with Crippen molar-refractivity contribution >= 4 is 16.8 Å². The molecule has 0 bridgehead atoms. The molecule has 0 spiro atoms. The van der Waals surface area contributed by atoms with Crippen LogP contribution in [0.2, 0.25) is 0 Å². The molecule has 0 unspecified atom stereocenters. The van der Waals surface area contributed by atoms with Crippen LogP contribution in [0.4, 0.5) is 0 Å². The monoisotopic (exact) mass is 397 g/mol. The van der Waals surface area contributed by atoms with Crippen LogP contribution in [0.1, 0.15) is 23.0 Å². The van der Waals surface area contributed by atoms with E-state index in [-0.39, 0.29) is 24.1 Å². The molecule has 0 fully saturated rings. The zero-order valence-corrected chi connectivity index (χ0v) is 16.3. The van der Waals surface area contributed by atoms with Crippen LogP contribution in [0.25, 0.3) is 10.9 Å². The van der Waals surface area contributed by atoms with Gasteiger partial charge in [0.15, 0.2) is 0 Å². The molecular formula is C24H19N3O3. The second-order valence-electron chi connectivity index (χ2n) is 7.25. The van der Waals surface area contributed by atoms with Crippen LogP contribution in [0.3, 0.4) is 0 Å². The SMILES string of the molecule is Cc1nc2ccccc2c(=O)n1CC(=O)NC1c2ccccc2Oc2ccccc21. The van der Waals surface area contributed by atoms with Crippen molar-refractivity contribution < 1.29 is 9.53 Å². The number of para-hydroxylation sites is 3. The highest BCUT2D eigenvalue weighted by Gasteiger charge is 2.28. The molecule has 0 saturated carbocycles. The Morgan fingerprint density at radius 3 is 2.27 bits per heavy atom. The fraction of sp³-hybridized carbons (Fsp3) is 0.125. The third kappa shape index (κ3) is 3.03. The maximum absolute atomic E-state index is 13.0. The zero-order chi connectivity index (χ0) is 20.7. The van der Waals surface area contributed by atoms with Gasteiger partial charge >= 0.3 is 0 Å². The number of carbonyl (C=O) groups is 1. The molecule has 1 aromatic heterocycles. The quantitative estimate of drug-likeness (QED) is 0.572. The highest BCUT2D eigenvalue weighted by Crippen LogP contribution is 2.42. The lowest BCUT2D eigenvalue weighted by Gasteiger charge is -2.29. The number of aromatic nitrogens is 2. The number of ether oxygens (including phenoxy) is 1. The first-order valence-corrected chi connectivity index (χ1v) is 9.73. The van der Waals surface area contributed by atoms with Crippen LogP contribution in [0, 0.1) is 6.92 Å². The summed E-state index contributed by atoms with van der Waals surface area (Å²) in [5.74, 6) is 1.65. The predicted octanol–water partition coefficient (Wildman–Crippen LogP) is 3.72. The Morgan fingerprint density at radius 1 is 0.967 bits per heavy atom. The Bertz CT molecular complexity index is 1300. The summed E-state index contributed by atoms with van der Waals surface area (Å²) in [6.07, 6.45) is 0. The van der Waals surface area contributed by atoms with Crippen molar-refractivity contribution in [3.8, 4) is 11.5 Å². The van der Waals surface area contributed by atoms with Gasteiger partial charge in [-0.05, 0) is 31.2 Å². The first kappa shape index (κ1) is 18.1. The molecule has 1 N–H and O–H groups in total. The molecule has 0 aliphatic carbocycles. The van der Waals surface area contributed by atoms with Crippen molar-refractivity contribution in [1.82, 2.24) is 14.9 Å². The van der Waals surface area contributed by atoms with Gasteiger partial charge < -0.3 is 10.1 Å². The summed E-state index contributed by atoms with van der Waals surface area (Å²) in [5, 5.41) is 3.57. The van der Waals surface area contributed by atoms with Crippen molar-refractivity contribution in [2.24, 2.45) is 0 Å². The van der Waals surface area contributed by atoms with Gasteiger partial charge in [-0.2, -0.15) is 0 Å². The predicted molar refractivity (Wildman–Crippen MR) is 114 cm³/mol. The van der Waals surface area contributed by atoms with Gasteiger partial charge in [0.05, 0.1) is 16.9 Å². The summed E-state index contributed by atoms with van der Waals surface area (Å²) < 4.78 is 7.39. The molecule has 30 heavy (non-hydrogen) atoms. The number of nitrogens with one attached hydrogen (secondary N) is 1. The van der Waals surface area contributed by atoms with Gasteiger partial charge in [-0.15, -0.1) is 0 Å². The number of aryl methyl sites for hydroxylation is 1. The first-order valence-electron chi connectivity index (χ1n) is 9.73. The fourth-order valence-corrected chi connectivity index (χ4v) is 3.88. The lowest BCUT2D eigenvalue weighted by Crippen LogP contribution is -2.37.